The highest BCUT2D eigenvalue weighted by molar-refractivity contribution is 7.92. The van der Waals surface area contributed by atoms with Crippen molar-refractivity contribution in [3.8, 4) is 5.75 Å². The SMILES string of the molecule is CCS(=O)(=O)N1CC(C(=O)NCCCc2ccc(C)cc2)Oc2ccccc21. The molecule has 0 bridgehead atoms. The van der Waals surface area contributed by atoms with Gasteiger partial charge in [-0.25, -0.2) is 8.42 Å². The van der Waals surface area contributed by atoms with Gasteiger partial charge in [-0.05, 0) is 44.4 Å². The highest BCUT2D eigenvalue weighted by atomic mass is 32.2. The number of rotatable bonds is 7. The predicted octanol–water partition coefficient (Wildman–Crippen LogP) is 2.66. The molecule has 2 aromatic rings. The van der Waals surface area contributed by atoms with E-state index in [1.54, 1.807) is 31.2 Å². The Morgan fingerprint density at radius 1 is 1.18 bits per heavy atom. The van der Waals surface area contributed by atoms with E-state index in [-0.39, 0.29) is 18.2 Å². The maximum atomic E-state index is 12.6. The molecule has 28 heavy (non-hydrogen) atoms. The average Bonchev–Trinajstić information content (AvgIpc) is 2.71. The van der Waals surface area contributed by atoms with Gasteiger partial charge in [0.1, 0.15) is 5.75 Å². The second kappa shape index (κ2) is 8.65. The van der Waals surface area contributed by atoms with Crippen LogP contribution >= 0.6 is 0 Å². The van der Waals surface area contributed by atoms with E-state index in [2.05, 4.69) is 29.6 Å². The van der Waals surface area contributed by atoms with Crippen LogP contribution in [0.5, 0.6) is 5.75 Å². The van der Waals surface area contributed by atoms with Gasteiger partial charge in [0.25, 0.3) is 5.91 Å². The van der Waals surface area contributed by atoms with Crippen molar-refractivity contribution in [3.05, 3.63) is 59.7 Å². The van der Waals surface area contributed by atoms with Crippen LogP contribution in [0.2, 0.25) is 0 Å². The summed E-state index contributed by atoms with van der Waals surface area (Å²) in [5.41, 5.74) is 2.93. The Morgan fingerprint density at radius 3 is 2.61 bits per heavy atom. The van der Waals surface area contributed by atoms with Gasteiger partial charge in [-0.15, -0.1) is 0 Å². The van der Waals surface area contributed by atoms with E-state index in [4.69, 9.17) is 4.74 Å². The third-order valence-electron chi connectivity index (χ3n) is 4.79. The lowest BCUT2D eigenvalue weighted by atomic mass is 10.1. The molecule has 7 heteroatoms. The number of ether oxygens (including phenoxy) is 1. The molecule has 0 radical (unpaired) electrons. The average molecular weight is 403 g/mol. The summed E-state index contributed by atoms with van der Waals surface area (Å²) in [5.74, 6) is 0.0759. The van der Waals surface area contributed by atoms with Crippen LogP contribution in [0.15, 0.2) is 48.5 Å². The molecular formula is C21H26N2O4S. The Labute approximate surface area is 166 Å². The van der Waals surface area contributed by atoms with E-state index in [0.717, 1.165) is 12.8 Å². The molecule has 1 aliphatic rings. The molecule has 3 rings (SSSR count). The fourth-order valence-electron chi connectivity index (χ4n) is 3.13. The van der Waals surface area contributed by atoms with E-state index in [9.17, 15) is 13.2 Å². The first-order valence-electron chi connectivity index (χ1n) is 9.50. The first-order chi connectivity index (χ1) is 13.4. The van der Waals surface area contributed by atoms with E-state index >= 15 is 0 Å². The van der Waals surface area contributed by atoms with Crippen molar-refractivity contribution in [1.82, 2.24) is 5.32 Å². The number of hydrogen-bond donors (Lipinski definition) is 1. The minimum absolute atomic E-state index is 0.0169. The van der Waals surface area contributed by atoms with Gasteiger partial charge < -0.3 is 10.1 Å². The van der Waals surface area contributed by atoms with Crippen LogP contribution in [0.25, 0.3) is 0 Å². The molecule has 1 aliphatic heterocycles. The minimum atomic E-state index is -3.49. The number of para-hydroxylation sites is 2. The van der Waals surface area contributed by atoms with Crippen LogP contribution in [-0.2, 0) is 21.2 Å². The van der Waals surface area contributed by atoms with Crippen LogP contribution in [0, 0.1) is 6.92 Å². The number of sulfonamides is 1. The topological polar surface area (TPSA) is 75.7 Å². The van der Waals surface area contributed by atoms with Crippen molar-refractivity contribution >= 4 is 21.6 Å². The number of carbonyl (C=O) groups is 1. The minimum Gasteiger partial charge on any atom is -0.476 e. The van der Waals surface area contributed by atoms with Crippen molar-refractivity contribution in [2.45, 2.75) is 32.8 Å². The summed E-state index contributed by atoms with van der Waals surface area (Å²) in [7, 11) is -3.49. The quantitative estimate of drug-likeness (QED) is 0.723. The summed E-state index contributed by atoms with van der Waals surface area (Å²) in [6.07, 6.45) is 0.802. The van der Waals surface area contributed by atoms with Crippen molar-refractivity contribution in [2.24, 2.45) is 0 Å². The Morgan fingerprint density at radius 2 is 1.89 bits per heavy atom. The number of nitrogens with one attached hydrogen (secondary N) is 1. The van der Waals surface area contributed by atoms with Crippen LogP contribution in [0.4, 0.5) is 5.69 Å². The molecule has 0 aromatic heterocycles. The van der Waals surface area contributed by atoms with Gasteiger partial charge in [-0.3, -0.25) is 9.10 Å². The first-order valence-corrected chi connectivity index (χ1v) is 11.1. The van der Waals surface area contributed by atoms with Gasteiger partial charge in [0.15, 0.2) is 6.10 Å². The number of fused-ring (bicyclic) bond motifs is 1. The lowest BCUT2D eigenvalue weighted by Gasteiger charge is -2.34. The first kappa shape index (κ1) is 20.2. The smallest absolute Gasteiger partial charge is 0.263 e. The summed E-state index contributed by atoms with van der Waals surface area (Å²) < 4.78 is 32.0. The summed E-state index contributed by atoms with van der Waals surface area (Å²) >= 11 is 0. The highest BCUT2D eigenvalue weighted by Gasteiger charge is 2.35. The second-order valence-electron chi connectivity index (χ2n) is 6.89. The summed E-state index contributed by atoms with van der Waals surface area (Å²) in [6, 6.07) is 15.2. The molecule has 0 saturated carbocycles. The third-order valence-corrected chi connectivity index (χ3v) is 6.54. The fraction of sp³-hybridized carbons (Fsp3) is 0.381. The fourth-order valence-corrected chi connectivity index (χ4v) is 4.26. The lowest BCUT2D eigenvalue weighted by molar-refractivity contribution is -0.127. The zero-order valence-corrected chi connectivity index (χ0v) is 17.0. The molecule has 1 atom stereocenters. The molecule has 1 N–H and O–H groups in total. The molecule has 1 amide bonds. The number of hydrogen-bond acceptors (Lipinski definition) is 4. The normalized spacial score (nSPS) is 16.2. The number of anilines is 1. The van der Waals surface area contributed by atoms with Gasteiger partial charge in [0.05, 0.1) is 18.0 Å². The van der Waals surface area contributed by atoms with Gasteiger partial charge in [0, 0.05) is 6.54 Å². The molecule has 1 heterocycles. The van der Waals surface area contributed by atoms with E-state index < -0.39 is 16.1 Å². The highest BCUT2D eigenvalue weighted by Crippen LogP contribution is 2.35. The molecule has 0 fully saturated rings. The van der Waals surface area contributed by atoms with Crippen LogP contribution in [0.1, 0.15) is 24.5 Å². The molecule has 150 valence electrons. The molecule has 0 spiro atoms. The Bertz CT molecular complexity index is 926. The standard InChI is InChI=1S/C21H26N2O4S/c1-3-28(25,26)23-15-20(27-19-9-5-4-8-18(19)23)21(24)22-14-6-7-17-12-10-16(2)11-13-17/h4-5,8-13,20H,3,6-7,14-15H2,1-2H3,(H,22,24). The number of amides is 1. The zero-order valence-electron chi connectivity index (χ0n) is 16.2. The molecule has 1 unspecified atom stereocenters. The Balaban J connectivity index is 1.60. The molecular weight excluding hydrogens is 376 g/mol. The summed E-state index contributed by atoms with van der Waals surface area (Å²) in [5, 5.41) is 2.87. The van der Waals surface area contributed by atoms with Crippen LogP contribution in [-0.4, -0.2) is 39.3 Å². The van der Waals surface area contributed by atoms with Crippen LogP contribution in [0.3, 0.4) is 0 Å². The molecule has 6 nitrogen and oxygen atoms in total. The lowest BCUT2D eigenvalue weighted by Crippen LogP contribution is -2.51. The Kier molecular flexibility index (Phi) is 6.24. The molecule has 0 aliphatic carbocycles. The Hall–Kier alpha value is -2.54. The predicted molar refractivity (Wildman–Crippen MR) is 110 cm³/mol. The maximum absolute atomic E-state index is 12.6. The van der Waals surface area contributed by atoms with Crippen LogP contribution < -0.4 is 14.4 Å². The van der Waals surface area contributed by atoms with Gasteiger partial charge in [0.2, 0.25) is 10.0 Å². The number of carbonyl (C=O) groups excluding carboxylic acids is 1. The summed E-state index contributed by atoms with van der Waals surface area (Å²) in [4.78, 5) is 12.6. The van der Waals surface area contributed by atoms with Gasteiger partial charge >= 0.3 is 0 Å². The summed E-state index contributed by atoms with van der Waals surface area (Å²) in [6.45, 7) is 4.13. The number of benzene rings is 2. The van der Waals surface area contributed by atoms with E-state index in [0.29, 0.717) is 18.0 Å². The van der Waals surface area contributed by atoms with E-state index in [1.165, 1.54) is 15.4 Å². The monoisotopic (exact) mass is 402 g/mol. The molecule has 0 saturated heterocycles. The number of nitrogens with zero attached hydrogens (tertiary/aromatic N) is 1. The van der Waals surface area contributed by atoms with Crippen molar-refractivity contribution in [3.63, 3.8) is 0 Å². The van der Waals surface area contributed by atoms with E-state index in [1.807, 2.05) is 6.92 Å². The third kappa shape index (κ3) is 4.65. The zero-order chi connectivity index (χ0) is 20.1. The molecule has 2 aromatic carbocycles. The van der Waals surface area contributed by atoms with Crippen molar-refractivity contribution in [1.29, 1.82) is 0 Å². The second-order valence-corrected chi connectivity index (χ2v) is 9.07. The van der Waals surface area contributed by atoms with Crippen molar-refractivity contribution < 1.29 is 17.9 Å². The largest absolute Gasteiger partial charge is 0.476 e. The number of aryl methyl sites for hydroxylation is 2. The van der Waals surface area contributed by atoms with Crippen molar-refractivity contribution in [2.75, 3.05) is 23.1 Å². The maximum Gasteiger partial charge on any atom is 0.263 e. The van der Waals surface area contributed by atoms with Gasteiger partial charge in [-0.1, -0.05) is 42.0 Å². The van der Waals surface area contributed by atoms with Gasteiger partial charge in [-0.2, -0.15) is 0 Å².